The Morgan fingerprint density at radius 2 is 1.86 bits per heavy atom. The van der Waals surface area contributed by atoms with E-state index in [9.17, 15) is 0 Å². The van der Waals surface area contributed by atoms with Gasteiger partial charge in [-0.1, -0.05) is 19.1 Å². The van der Waals surface area contributed by atoms with Crippen molar-refractivity contribution in [2.24, 2.45) is 5.84 Å². The van der Waals surface area contributed by atoms with Gasteiger partial charge >= 0.3 is 0 Å². The van der Waals surface area contributed by atoms with Gasteiger partial charge in [0.2, 0.25) is 0 Å². The molecular weight excluding hydrogens is 199 g/mol. The van der Waals surface area contributed by atoms with Crippen molar-refractivity contribution in [3.05, 3.63) is 0 Å². The fraction of sp³-hybridized carbons (Fsp3) is 1.00. The van der Waals surface area contributed by atoms with Crippen LogP contribution in [0.25, 0.3) is 0 Å². The highest BCUT2D eigenvalue weighted by atomic mass is 31.1. The van der Waals surface area contributed by atoms with Crippen molar-refractivity contribution in [1.29, 1.82) is 0 Å². The molecule has 0 aliphatic carbocycles. The molecule has 6 nitrogen and oxygen atoms in total. The molecule has 1 unspecified atom stereocenters. The van der Waals surface area contributed by atoms with E-state index in [0.29, 0.717) is 8.73 Å². The summed E-state index contributed by atoms with van der Waals surface area (Å²) in [4.78, 5) is 1.75. The average molecular weight is 220 g/mol. The van der Waals surface area contributed by atoms with Gasteiger partial charge in [0, 0.05) is 42.2 Å². The summed E-state index contributed by atoms with van der Waals surface area (Å²) in [7, 11) is 4.66. The van der Waals surface area contributed by atoms with Gasteiger partial charge in [-0.05, 0) is 0 Å². The summed E-state index contributed by atoms with van der Waals surface area (Å²) >= 11 is 0. The van der Waals surface area contributed by atoms with Crippen molar-refractivity contribution in [2.45, 2.75) is 13.8 Å². The quantitative estimate of drug-likeness (QED) is 0.529. The molecule has 1 saturated heterocycles. The third-order valence-electron chi connectivity index (χ3n) is 2.32. The number of hydrazine groups is 5. The van der Waals surface area contributed by atoms with Crippen LogP contribution in [-0.4, -0.2) is 58.7 Å². The molecule has 1 fully saturated rings. The van der Waals surface area contributed by atoms with Crippen molar-refractivity contribution < 1.29 is 0 Å². The Morgan fingerprint density at radius 3 is 2.36 bits per heavy atom. The second-order valence-electron chi connectivity index (χ2n) is 3.22. The van der Waals surface area contributed by atoms with Crippen LogP contribution in [0.15, 0.2) is 0 Å². The average Bonchev–Trinajstić information content (AvgIpc) is 2.19. The van der Waals surface area contributed by atoms with Crippen LogP contribution in [0.5, 0.6) is 0 Å². The fourth-order valence-corrected chi connectivity index (χ4v) is 2.28. The van der Waals surface area contributed by atoms with E-state index in [2.05, 4.69) is 36.1 Å². The summed E-state index contributed by atoms with van der Waals surface area (Å²) < 4.78 is 0. The zero-order valence-electron chi connectivity index (χ0n) is 9.43. The van der Waals surface area contributed by atoms with Crippen molar-refractivity contribution in [3.8, 4) is 0 Å². The van der Waals surface area contributed by atoms with Crippen molar-refractivity contribution in [3.63, 3.8) is 0 Å². The monoisotopic (exact) mass is 220 g/mol. The van der Waals surface area contributed by atoms with Gasteiger partial charge < -0.3 is 0 Å². The van der Waals surface area contributed by atoms with E-state index >= 15 is 0 Å². The molecule has 1 atom stereocenters. The first-order valence-corrected chi connectivity index (χ1v) is 6.05. The maximum absolute atomic E-state index is 5.85. The summed E-state index contributed by atoms with van der Waals surface area (Å²) in [5.74, 6) is 5.85. The van der Waals surface area contributed by atoms with Crippen LogP contribution in [0, 0.1) is 0 Å². The molecule has 0 aromatic rings. The number of hydrogen-bond donors (Lipinski definition) is 1. The lowest BCUT2D eigenvalue weighted by atomic mass is 10.6. The van der Waals surface area contributed by atoms with Gasteiger partial charge in [-0.25, -0.2) is 10.0 Å². The summed E-state index contributed by atoms with van der Waals surface area (Å²) in [5, 5.41) is 8.42. The smallest absolute Gasteiger partial charge is 0.0493 e. The first kappa shape index (κ1) is 12.3. The van der Waals surface area contributed by atoms with Crippen LogP contribution < -0.4 is 5.84 Å². The van der Waals surface area contributed by atoms with Crippen LogP contribution in [0.4, 0.5) is 0 Å². The van der Waals surface area contributed by atoms with E-state index in [0.717, 1.165) is 19.4 Å². The Bertz CT molecular complexity index is 174. The van der Waals surface area contributed by atoms with E-state index in [1.54, 1.807) is 4.89 Å². The Labute approximate surface area is 87.9 Å². The summed E-state index contributed by atoms with van der Waals surface area (Å²) in [6.45, 7) is 6.23. The Morgan fingerprint density at radius 1 is 1.29 bits per heavy atom. The van der Waals surface area contributed by atoms with Crippen LogP contribution in [0.3, 0.4) is 0 Å². The molecule has 0 spiro atoms. The Kier molecular flexibility index (Phi) is 4.66. The van der Waals surface area contributed by atoms with Crippen LogP contribution >= 0.6 is 8.73 Å². The summed E-state index contributed by atoms with van der Waals surface area (Å²) in [6.07, 6.45) is 0.970. The molecule has 1 heterocycles. The molecule has 1 rings (SSSR count). The van der Waals surface area contributed by atoms with Crippen molar-refractivity contribution in [1.82, 2.24) is 25.3 Å². The van der Waals surface area contributed by atoms with E-state index in [4.69, 9.17) is 5.84 Å². The molecule has 14 heavy (non-hydrogen) atoms. The first-order valence-electron chi connectivity index (χ1n) is 4.89. The highest BCUT2D eigenvalue weighted by Crippen LogP contribution is 2.25. The maximum Gasteiger partial charge on any atom is 0.0493 e. The minimum atomic E-state index is 0.612. The predicted octanol–water partition coefficient (Wildman–Crippen LogP) is -0.106. The molecule has 0 bridgehead atoms. The molecule has 7 heteroatoms. The van der Waals surface area contributed by atoms with Crippen molar-refractivity contribution in [2.75, 3.05) is 33.5 Å². The molecule has 0 aromatic carbocycles. The maximum atomic E-state index is 5.85. The van der Waals surface area contributed by atoms with E-state index in [-0.39, 0.29) is 0 Å². The zero-order valence-corrected chi connectivity index (χ0v) is 10.4. The van der Waals surface area contributed by atoms with E-state index in [1.165, 1.54) is 0 Å². The molecule has 1 aliphatic heterocycles. The fourth-order valence-electron chi connectivity index (χ4n) is 1.52. The third-order valence-corrected chi connectivity index (χ3v) is 3.53. The van der Waals surface area contributed by atoms with Gasteiger partial charge in [-0.3, -0.25) is 5.84 Å². The first-order chi connectivity index (χ1) is 6.61. The second-order valence-corrected chi connectivity index (χ2v) is 4.31. The van der Waals surface area contributed by atoms with E-state index < -0.39 is 0 Å². The lowest BCUT2D eigenvalue weighted by molar-refractivity contribution is -0.339. The Balaban J connectivity index is 2.70. The van der Waals surface area contributed by atoms with Gasteiger partial charge in [0.25, 0.3) is 0 Å². The van der Waals surface area contributed by atoms with Crippen LogP contribution in [0.1, 0.15) is 13.8 Å². The highest BCUT2D eigenvalue weighted by molar-refractivity contribution is 7.34. The SMILES string of the molecule is CCN(CC)N1N(C)CPN(N)N1C. The standard InChI is InChI=1S/C7H21N6P/c1-5-11(6-2)13-9(3)7-14-12(8)10(13)4/h14H,5-8H2,1-4H3. The predicted molar refractivity (Wildman–Crippen MR) is 59.5 cm³/mol. The normalized spacial score (nSPS) is 25.3. The molecule has 1 aliphatic rings. The number of nitrogens with two attached hydrogens (primary N) is 1. The van der Waals surface area contributed by atoms with Gasteiger partial charge in [0.05, 0.1) is 0 Å². The van der Waals surface area contributed by atoms with E-state index in [1.807, 2.05) is 12.2 Å². The summed E-state index contributed by atoms with van der Waals surface area (Å²) in [5.41, 5.74) is 0. The summed E-state index contributed by atoms with van der Waals surface area (Å²) in [6, 6.07) is 0. The minimum absolute atomic E-state index is 0.612. The number of nitrogens with zero attached hydrogens (tertiary/aromatic N) is 5. The molecule has 84 valence electrons. The lowest BCUT2D eigenvalue weighted by Gasteiger charge is -2.50. The van der Waals surface area contributed by atoms with Crippen LogP contribution in [0.2, 0.25) is 0 Å². The molecule has 0 amide bonds. The molecule has 2 N–H and O–H groups in total. The molecule has 0 aromatic heterocycles. The van der Waals surface area contributed by atoms with Crippen LogP contribution in [-0.2, 0) is 0 Å². The van der Waals surface area contributed by atoms with Gasteiger partial charge in [-0.15, -0.1) is 10.0 Å². The largest absolute Gasteiger partial charge is 0.250 e. The minimum Gasteiger partial charge on any atom is -0.250 e. The molecular formula is C7H21N6P. The molecule has 0 saturated carbocycles. The second kappa shape index (κ2) is 5.32. The third kappa shape index (κ3) is 2.41. The molecule has 0 radical (unpaired) electrons. The number of hydrogen-bond acceptors (Lipinski definition) is 6. The van der Waals surface area contributed by atoms with Crippen molar-refractivity contribution >= 4 is 8.73 Å². The topological polar surface area (TPSA) is 42.2 Å². The Hall–Kier alpha value is 0.190. The zero-order chi connectivity index (χ0) is 10.7. The van der Waals surface area contributed by atoms with Gasteiger partial charge in [0.15, 0.2) is 0 Å². The van der Waals surface area contributed by atoms with Gasteiger partial charge in [0.1, 0.15) is 0 Å². The lowest BCUT2D eigenvalue weighted by Crippen LogP contribution is -2.66. The highest BCUT2D eigenvalue weighted by Gasteiger charge is 2.29. The number of rotatable bonds is 3. The van der Waals surface area contributed by atoms with Gasteiger partial charge in [-0.2, -0.15) is 0 Å².